The fourth-order valence-corrected chi connectivity index (χ4v) is 4.81. The number of nitrogens with zero attached hydrogens (tertiary/aromatic N) is 2. The summed E-state index contributed by atoms with van der Waals surface area (Å²) >= 11 is 1.53. The van der Waals surface area contributed by atoms with E-state index in [-0.39, 0.29) is 0 Å². The van der Waals surface area contributed by atoms with Crippen molar-refractivity contribution in [2.45, 2.75) is 18.1 Å². The highest BCUT2D eigenvalue weighted by Crippen LogP contribution is 2.35. The first kappa shape index (κ1) is 22.8. The number of amides is 1. The molecule has 0 saturated carbocycles. The Bertz CT molecular complexity index is 1280. The van der Waals surface area contributed by atoms with Crippen LogP contribution in [0.15, 0.2) is 106 Å². The minimum Gasteiger partial charge on any atom is -0.467 e. The van der Waals surface area contributed by atoms with Crippen molar-refractivity contribution in [1.29, 1.82) is 0 Å². The summed E-state index contributed by atoms with van der Waals surface area (Å²) in [4.78, 5) is 27.4. The lowest BCUT2D eigenvalue weighted by molar-refractivity contribution is -0.167. The highest BCUT2D eigenvalue weighted by molar-refractivity contribution is 7.12. The number of aliphatic hydroxyl groups is 1. The van der Waals surface area contributed by atoms with Crippen LogP contribution in [0.1, 0.15) is 34.2 Å². The molecule has 35 heavy (non-hydrogen) atoms. The maximum atomic E-state index is 13.3. The van der Waals surface area contributed by atoms with Gasteiger partial charge < -0.3 is 14.3 Å². The van der Waals surface area contributed by atoms with Gasteiger partial charge in [0.05, 0.1) is 16.9 Å². The number of thiophene rings is 1. The van der Waals surface area contributed by atoms with E-state index in [0.29, 0.717) is 23.3 Å². The van der Waals surface area contributed by atoms with Gasteiger partial charge in [-0.15, -0.1) is 11.3 Å². The molecule has 2 aromatic carbocycles. The van der Waals surface area contributed by atoms with Crippen LogP contribution >= 0.6 is 11.3 Å². The normalized spacial score (nSPS) is 15.6. The Morgan fingerprint density at radius 2 is 1.69 bits per heavy atom. The van der Waals surface area contributed by atoms with Gasteiger partial charge in [-0.2, -0.15) is 5.10 Å². The van der Waals surface area contributed by atoms with Crippen molar-refractivity contribution in [3.05, 3.63) is 118 Å². The molecule has 8 heteroatoms. The SMILES string of the molecule is O=C(COC(=O)C(O)(c1ccccc1)c1ccccc1)N1N=C(c2cccs2)CC1c1ccco1. The van der Waals surface area contributed by atoms with Gasteiger partial charge in [-0.05, 0) is 34.7 Å². The van der Waals surface area contributed by atoms with Gasteiger partial charge >= 0.3 is 5.97 Å². The summed E-state index contributed by atoms with van der Waals surface area (Å²) in [5.74, 6) is -0.876. The van der Waals surface area contributed by atoms with E-state index in [1.54, 1.807) is 79.1 Å². The topological polar surface area (TPSA) is 92.3 Å². The molecule has 1 unspecified atom stereocenters. The fraction of sp³-hybridized carbons (Fsp3) is 0.148. The summed E-state index contributed by atoms with van der Waals surface area (Å²) in [5.41, 5.74) is -0.627. The fourth-order valence-electron chi connectivity index (χ4n) is 4.09. The highest BCUT2D eigenvalue weighted by atomic mass is 32.1. The summed E-state index contributed by atoms with van der Waals surface area (Å²) in [5, 5.41) is 19.3. The number of furan rings is 1. The van der Waals surface area contributed by atoms with Crippen molar-refractivity contribution >= 4 is 28.9 Å². The average molecular weight is 487 g/mol. The second kappa shape index (κ2) is 9.69. The average Bonchev–Trinajstić information content (AvgIpc) is 3.69. The number of carbonyl (C=O) groups excluding carboxylic acids is 2. The van der Waals surface area contributed by atoms with E-state index in [9.17, 15) is 14.7 Å². The Morgan fingerprint density at radius 1 is 1.00 bits per heavy atom. The first-order valence-electron chi connectivity index (χ1n) is 11.0. The van der Waals surface area contributed by atoms with E-state index in [1.807, 2.05) is 17.5 Å². The smallest absolute Gasteiger partial charge is 0.348 e. The van der Waals surface area contributed by atoms with Crippen LogP contribution in [0.4, 0.5) is 0 Å². The third-order valence-electron chi connectivity index (χ3n) is 5.85. The molecule has 0 spiro atoms. The summed E-state index contributed by atoms with van der Waals surface area (Å²) in [6, 6.07) is 24.0. The molecule has 0 bridgehead atoms. The number of ether oxygens (including phenoxy) is 1. The Hall–Kier alpha value is -4.01. The molecule has 176 valence electrons. The van der Waals surface area contributed by atoms with Gasteiger partial charge in [-0.25, -0.2) is 9.80 Å². The van der Waals surface area contributed by atoms with E-state index >= 15 is 0 Å². The molecule has 7 nitrogen and oxygen atoms in total. The Morgan fingerprint density at radius 3 is 2.26 bits per heavy atom. The highest BCUT2D eigenvalue weighted by Gasteiger charge is 2.43. The molecule has 3 heterocycles. The summed E-state index contributed by atoms with van der Waals surface area (Å²) in [6.07, 6.45) is 2.02. The van der Waals surface area contributed by atoms with Crippen LogP contribution in [0.3, 0.4) is 0 Å². The number of carbonyl (C=O) groups is 2. The van der Waals surface area contributed by atoms with Crippen molar-refractivity contribution in [2.24, 2.45) is 5.10 Å². The molecule has 1 atom stereocenters. The van der Waals surface area contributed by atoms with E-state index in [0.717, 1.165) is 10.6 Å². The van der Waals surface area contributed by atoms with Gasteiger partial charge in [0.1, 0.15) is 11.8 Å². The molecular formula is C27H22N2O5S. The van der Waals surface area contributed by atoms with Gasteiger partial charge in [-0.1, -0.05) is 66.7 Å². The Balaban J connectivity index is 1.38. The number of rotatable bonds is 7. The van der Waals surface area contributed by atoms with Gasteiger partial charge in [0.15, 0.2) is 6.61 Å². The third kappa shape index (κ3) is 4.41. The monoisotopic (exact) mass is 486 g/mol. The molecule has 1 aliphatic rings. The van der Waals surface area contributed by atoms with Crippen LogP contribution in [0.5, 0.6) is 0 Å². The first-order valence-corrected chi connectivity index (χ1v) is 11.9. The molecule has 0 aliphatic carbocycles. The van der Waals surface area contributed by atoms with Crippen LogP contribution in [0.2, 0.25) is 0 Å². The van der Waals surface area contributed by atoms with Gasteiger partial charge in [-0.3, -0.25) is 4.79 Å². The molecule has 0 saturated heterocycles. The van der Waals surface area contributed by atoms with Gasteiger partial charge in [0, 0.05) is 6.42 Å². The van der Waals surface area contributed by atoms with Crippen molar-refractivity contribution in [3.8, 4) is 0 Å². The van der Waals surface area contributed by atoms with E-state index < -0.39 is 30.1 Å². The number of hydrazone groups is 1. The lowest BCUT2D eigenvalue weighted by atomic mass is 9.86. The lowest BCUT2D eigenvalue weighted by Crippen LogP contribution is -2.40. The molecule has 1 amide bonds. The zero-order valence-electron chi connectivity index (χ0n) is 18.6. The van der Waals surface area contributed by atoms with E-state index in [1.165, 1.54) is 16.3 Å². The number of esters is 1. The summed E-state index contributed by atoms with van der Waals surface area (Å²) < 4.78 is 11.0. The van der Waals surface area contributed by atoms with Crippen LogP contribution in [0.25, 0.3) is 0 Å². The standard InChI is InChI=1S/C27H22N2O5S/c30-25(29-22(23-13-7-15-33-23)17-21(28-29)24-14-8-16-35-24)18-34-26(31)27(32,19-9-3-1-4-10-19)20-11-5-2-6-12-20/h1-16,22,32H,17-18H2. The molecule has 0 radical (unpaired) electrons. The molecule has 0 fully saturated rings. The van der Waals surface area contributed by atoms with E-state index in [2.05, 4.69) is 5.10 Å². The number of hydrogen-bond acceptors (Lipinski definition) is 7. The van der Waals surface area contributed by atoms with Crippen LogP contribution < -0.4 is 0 Å². The molecule has 5 rings (SSSR count). The minimum atomic E-state index is -2.07. The summed E-state index contributed by atoms with van der Waals surface area (Å²) in [6.45, 7) is -0.584. The lowest BCUT2D eigenvalue weighted by Gasteiger charge is -2.27. The van der Waals surface area contributed by atoms with Crippen LogP contribution in [-0.4, -0.2) is 34.3 Å². The van der Waals surface area contributed by atoms with Crippen LogP contribution in [-0.2, 0) is 19.9 Å². The summed E-state index contributed by atoms with van der Waals surface area (Å²) in [7, 11) is 0. The largest absolute Gasteiger partial charge is 0.467 e. The van der Waals surface area contributed by atoms with Crippen molar-refractivity contribution in [2.75, 3.05) is 6.61 Å². The van der Waals surface area contributed by atoms with Crippen LogP contribution in [0, 0.1) is 0 Å². The second-order valence-corrected chi connectivity index (χ2v) is 8.96. The number of benzene rings is 2. The maximum absolute atomic E-state index is 13.3. The van der Waals surface area contributed by atoms with Crippen molar-refractivity contribution < 1.29 is 23.8 Å². The van der Waals surface area contributed by atoms with E-state index in [4.69, 9.17) is 9.15 Å². The maximum Gasteiger partial charge on any atom is 0.348 e. The minimum absolute atomic E-state index is 0.344. The zero-order chi connectivity index (χ0) is 24.3. The number of hydrogen-bond donors (Lipinski definition) is 1. The van der Waals surface area contributed by atoms with Gasteiger partial charge in [0.25, 0.3) is 5.91 Å². The third-order valence-corrected chi connectivity index (χ3v) is 6.77. The zero-order valence-corrected chi connectivity index (χ0v) is 19.4. The quantitative estimate of drug-likeness (QED) is 0.389. The Kier molecular flexibility index (Phi) is 6.31. The first-order chi connectivity index (χ1) is 17.1. The van der Waals surface area contributed by atoms with Crippen molar-refractivity contribution in [3.63, 3.8) is 0 Å². The Labute approximate surface area is 205 Å². The predicted octanol–water partition coefficient (Wildman–Crippen LogP) is 4.50. The molecule has 1 aliphatic heterocycles. The molecule has 2 aromatic heterocycles. The molecule has 4 aromatic rings. The molecule has 1 N–H and O–H groups in total. The predicted molar refractivity (Wildman–Crippen MR) is 131 cm³/mol. The molecular weight excluding hydrogens is 464 g/mol. The second-order valence-electron chi connectivity index (χ2n) is 8.02. The van der Waals surface area contributed by atoms with Crippen molar-refractivity contribution in [1.82, 2.24) is 5.01 Å². The van der Waals surface area contributed by atoms with Gasteiger partial charge in [0.2, 0.25) is 5.60 Å².